The minimum atomic E-state index is -1.82. The van der Waals surface area contributed by atoms with Gasteiger partial charge in [0, 0.05) is 24.2 Å². The van der Waals surface area contributed by atoms with E-state index in [9.17, 15) is 30.3 Å². The molecule has 8 nitrogen and oxygen atoms in total. The maximum atomic E-state index is 13.1. The van der Waals surface area contributed by atoms with E-state index in [2.05, 4.69) is 0 Å². The van der Waals surface area contributed by atoms with Gasteiger partial charge in [-0.15, -0.1) is 0 Å². The van der Waals surface area contributed by atoms with Crippen LogP contribution in [0.1, 0.15) is 101 Å². The van der Waals surface area contributed by atoms with E-state index in [4.69, 9.17) is 9.47 Å². The van der Waals surface area contributed by atoms with E-state index in [1.807, 2.05) is 67.5 Å². The summed E-state index contributed by atoms with van der Waals surface area (Å²) in [7, 11) is 0. The molecule has 0 amide bonds. The van der Waals surface area contributed by atoms with E-state index in [-0.39, 0.29) is 35.9 Å². The Morgan fingerprint density at radius 1 is 1.15 bits per heavy atom. The summed E-state index contributed by atoms with van der Waals surface area (Å²) in [6.07, 6.45) is 2.23. The summed E-state index contributed by atoms with van der Waals surface area (Å²) in [6, 6.07) is 0. The Bertz CT molecular complexity index is 901. The van der Waals surface area contributed by atoms with E-state index >= 15 is 0 Å². The first kappa shape index (κ1) is 35.1. The van der Waals surface area contributed by atoms with Crippen LogP contribution in [0.5, 0.6) is 0 Å². The summed E-state index contributed by atoms with van der Waals surface area (Å²) in [5.74, 6) is -3.58. The number of Topliss-reactive ketones (excluding diaryl/α,β-unsaturated/α-hetero) is 1. The molecule has 1 fully saturated rings. The molecule has 2 aliphatic heterocycles. The van der Waals surface area contributed by atoms with Crippen molar-refractivity contribution in [2.75, 3.05) is 0 Å². The van der Waals surface area contributed by atoms with Crippen LogP contribution in [-0.2, 0) is 14.3 Å². The zero-order chi connectivity index (χ0) is 30.6. The highest BCUT2D eigenvalue weighted by Gasteiger charge is 2.59. The SMILES string of the molecule is CC[C@@H]1C(=O)C2(C)C/C(C)=C/C[C@H]([C@H](C)[C@H](O)[C@H](C)C/C(C)=C/[C@H](C)[C@@H](O)[C@H](C)[C@@H](O)CC)OC(O)C[C@]1(O)O2. The molecule has 0 aliphatic carbocycles. The van der Waals surface area contributed by atoms with Crippen molar-refractivity contribution in [3.63, 3.8) is 0 Å². The van der Waals surface area contributed by atoms with Crippen LogP contribution in [0.2, 0.25) is 0 Å². The lowest BCUT2D eigenvalue weighted by atomic mass is 9.82. The lowest BCUT2D eigenvalue weighted by molar-refractivity contribution is -0.276. The summed E-state index contributed by atoms with van der Waals surface area (Å²) in [5, 5.41) is 54.3. The molecule has 0 aromatic heterocycles. The second kappa shape index (κ2) is 14.4. The van der Waals surface area contributed by atoms with Crippen LogP contribution in [0.4, 0.5) is 0 Å². The normalized spacial score (nSPS) is 37.0. The van der Waals surface area contributed by atoms with Crippen LogP contribution in [0.3, 0.4) is 0 Å². The first-order valence-electron chi connectivity index (χ1n) is 15.2. The van der Waals surface area contributed by atoms with Gasteiger partial charge in [-0.2, -0.15) is 0 Å². The van der Waals surface area contributed by atoms with Gasteiger partial charge in [-0.05, 0) is 52.4 Å². The summed E-state index contributed by atoms with van der Waals surface area (Å²) >= 11 is 0. The molecule has 8 heteroatoms. The smallest absolute Gasteiger partial charge is 0.181 e. The highest BCUT2D eigenvalue weighted by molar-refractivity contribution is 5.92. The van der Waals surface area contributed by atoms with E-state index < -0.39 is 48.0 Å². The fourth-order valence-corrected chi connectivity index (χ4v) is 6.77. The first-order chi connectivity index (χ1) is 18.5. The standard InChI is InChI=1S/C32H56O8/c1-10-24-30(37)31(9)16-18(3)12-13-26(39-27(34)17-32(24,38)40-31)23(8)29(36)21(6)15-19(4)14-20(5)28(35)22(7)25(33)11-2/h12,14,20-29,33-36,38H,10-11,13,15-17H2,1-9H3/b18-12+,19-14+/t20-,21+,22+,23-,24+,25-,26+,27?,28+,29+,31?,32-/m0/s1. The zero-order valence-electron chi connectivity index (χ0n) is 26.1. The number of ketones is 1. The van der Waals surface area contributed by atoms with Gasteiger partial charge in [0.2, 0.25) is 0 Å². The molecule has 2 aliphatic rings. The highest BCUT2D eigenvalue weighted by Crippen LogP contribution is 2.46. The number of aliphatic hydroxyl groups excluding tert-OH is 4. The number of fused-ring (bicyclic) bond motifs is 2. The topological polar surface area (TPSA) is 137 Å². The van der Waals surface area contributed by atoms with Gasteiger partial charge in [-0.3, -0.25) is 4.79 Å². The lowest BCUT2D eigenvalue weighted by Gasteiger charge is -2.35. The Kier molecular flexibility index (Phi) is 12.6. The minimum absolute atomic E-state index is 0.122. The van der Waals surface area contributed by atoms with Gasteiger partial charge >= 0.3 is 0 Å². The van der Waals surface area contributed by atoms with Crippen LogP contribution < -0.4 is 0 Å². The monoisotopic (exact) mass is 568 g/mol. The number of hydrogen-bond donors (Lipinski definition) is 5. The van der Waals surface area contributed by atoms with E-state index in [1.165, 1.54) is 0 Å². The Morgan fingerprint density at radius 3 is 2.35 bits per heavy atom. The Labute approximate surface area is 241 Å². The third-order valence-corrected chi connectivity index (χ3v) is 9.31. The van der Waals surface area contributed by atoms with Gasteiger partial charge in [-0.25, -0.2) is 0 Å². The van der Waals surface area contributed by atoms with E-state index in [1.54, 1.807) is 6.92 Å². The maximum Gasteiger partial charge on any atom is 0.181 e. The molecule has 2 rings (SSSR count). The summed E-state index contributed by atoms with van der Waals surface area (Å²) < 4.78 is 12.0. The quantitative estimate of drug-likeness (QED) is 0.233. The molecule has 0 saturated carbocycles. The van der Waals surface area contributed by atoms with Gasteiger partial charge in [-0.1, -0.05) is 64.8 Å². The van der Waals surface area contributed by atoms with Gasteiger partial charge in [0.1, 0.15) is 5.60 Å². The van der Waals surface area contributed by atoms with Crippen LogP contribution in [-0.4, -0.2) is 73.4 Å². The van der Waals surface area contributed by atoms with Crippen LogP contribution in [0.15, 0.2) is 23.3 Å². The maximum absolute atomic E-state index is 13.1. The molecule has 2 unspecified atom stereocenters. The number of hydrogen-bond acceptors (Lipinski definition) is 8. The van der Waals surface area contributed by atoms with Crippen LogP contribution >= 0.6 is 0 Å². The molecule has 40 heavy (non-hydrogen) atoms. The second-order valence-electron chi connectivity index (χ2n) is 13.0. The number of aliphatic hydroxyl groups is 5. The summed E-state index contributed by atoms with van der Waals surface area (Å²) in [4.78, 5) is 13.1. The molecule has 0 aromatic rings. The fraction of sp³-hybridized carbons (Fsp3) is 0.844. The molecule has 5 N–H and O–H groups in total. The number of ether oxygens (including phenoxy) is 2. The van der Waals surface area contributed by atoms with Crippen molar-refractivity contribution >= 4 is 5.78 Å². The number of rotatable bonds is 11. The molecule has 0 aromatic carbocycles. The average molecular weight is 569 g/mol. The van der Waals surface area contributed by atoms with Crippen molar-refractivity contribution in [2.45, 2.75) is 143 Å². The molecular weight excluding hydrogens is 512 g/mol. The number of carbonyl (C=O) groups excluding carboxylic acids is 1. The van der Waals surface area contributed by atoms with E-state index in [0.29, 0.717) is 32.1 Å². The highest BCUT2D eigenvalue weighted by atomic mass is 16.7. The Balaban J connectivity index is 2.16. The molecule has 1 saturated heterocycles. The van der Waals surface area contributed by atoms with Crippen molar-refractivity contribution in [2.24, 2.45) is 29.6 Å². The largest absolute Gasteiger partial charge is 0.393 e. The fourth-order valence-electron chi connectivity index (χ4n) is 6.77. The van der Waals surface area contributed by atoms with Crippen molar-refractivity contribution in [1.82, 2.24) is 0 Å². The minimum Gasteiger partial charge on any atom is -0.393 e. The van der Waals surface area contributed by atoms with Crippen molar-refractivity contribution < 1.29 is 39.8 Å². The van der Waals surface area contributed by atoms with Gasteiger partial charge < -0.3 is 35.0 Å². The van der Waals surface area contributed by atoms with Gasteiger partial charge in [0.05, 0.1) is 36.8 Å². The second-order valence-corrected chi connectivity index (χ2v) is 13.0. The van der Waals surface area contributed by atoms with Gasteiger partial charge in [0.15, 0.2) is 17.9 Å². The number of allylic oxidation sites excluding steroid dienone is 1. The Hall–Kier alpha value is -1.13. The predicted molar refractivity (Wildman–Crippen MR) is 155 cm³/mol. The lowest BCUT2D eigenvalue weighted by Crippen LogP contribution is -2.43. The van der Waals surface area contributed by atoms with E-state index in [0.717, 1.165) is 11.1 Å². The number of carbonyl (C=O) groups is 1. The summed E-state index contributed by atoms with van der Waals surface area (Å²) in [6.45, 7) is 17.0. The summed E-state index contributed by atoms with van der Waals surface area (Å²) in [5.41, 5.74) is 0.792. The average Bonchev–Trinajstić information content (AvgIpc) is 3.05. The van der Waals surface area contributed by atoms with Crippen molar-refractivity contribution in [3.05, 3.63) is 23.3 Å². The molecule has 0 spiro atoms. The van der Waals surface area contributed by atoms with Crippen LogP contribution in [0.25, 0.3) is 0 Å². The molecular formula is C32H56O8. The molecule has 0 radical (unpaired) electrons. The third kappa shape index (κ3) is 8.24. The van der Waals surface area contributed by atoms with Crippen LogP contribution in [0, 0.1) is 29.6 Å². The molecule has 2 bridgehead atoms. The van der Waals surface area contributed by atoms with Crippen molar-refractivity contribution in [3.8, 4) is 0 Å². The van der Waals surface area contributed by atoms with Gasteiger partial charge in [0.25, 0.3) is 0 Å². The predicted octanol–water partition coefficient (Wildman–Crippen LogP) is 4.27. The molecule has 12 atom stereocenters. The zero-order valence-corrected chi connectivity index (χ0v) is 26.1. The van der Waals surface area contributed by atoms with Crippen molar-refractivity contribution in [1.29, 1.82) is 0 Å². The third-order valence-electron chi connectivity index (χ3n) is 9.31. The Morgan fingerprint density at radius 2 is 1.77 bits per heavy atom. The first-order valence-corrected chi connectivity index (χ1v) is 15.2. The molecule has 2 heterocycles. The molecule has 232 valence electrons.